The van der Waals surface area contributed by atoms with Gasteiger partial charge in [0.2, 0.25) is 10.0 Å². The Morgan fingerprint density at radius 3 is 2.57 bits per heavy atom. The quantitative estimate of drug-likeness (QED) is 0.104. The molecule has 16 heteroatoms. The van der Waals surface area contributed by atoms with Crippen molar-refractivity contribution in [2.24, 2.45) is 5.92 Å². The number of imidazole rings is 1. The maximum atomic E-state index is 12.9. The molecule has 51 heavy (non-hydrogen) atoms. The fraction of sp³-hybridized carbons (Fsp3) is 0.457. The van der Waals surface area contributed by atoms with E-state index in [1.165, 1.54) is 0 Å². The summed E-state index contributed by atoms with van der Waals surface area (Å²) in [6.45, 7) is 15.6. The minimum absolute atomic E-state index is 0.0550. The maximum absolute atomic E-state index is 12.9. The van der Waals surface area contributed by atoms with E-state index in [1.54, 1.807) is 56.2 Å². The number of aryl methyl sites for hydroxylation is 1. The van der Waals surface area contributed by atoms with Crippen molar-refractivity contribution in [1.29, 1.82) is 0 Å². The highest BCUT2D eigenvalue weighted by Crippen LogP contribution is 2.36. The molecule has 1 atom stereocenters. The molecule has 3 aromatic heterocycles. The van der Waals surface area contributed by atoms with Crippen molar-refractivity contribution in [2.45, 2.75) is 78.7 Å². The van der Waals surface area contributed by atoms with Crippen molar-refractivity contribution < 1.29 is 27.4 Å². The third-order valence-electron chi connectivity index (χ3n) is 8.47. The second-order valence-electron chi connectivity index (χ2n) is 15.1. The number of carbonyl (C=O) groups excluding carboxylic acids is 1. The molecule has 4 heterocycles. The van der Waals surface area contributed by atoms with Crippen LogP contribution in [-0.2, 0) is 32.8 Å². The molecule has 2 aromatic carbocycles. The van der Waals surface area contributed by atoms with Crippen LogP contribution in [0.1, 0.15) is 33.0 Å². The van der Waals surface area contributed by atoms with Gasteiger partial charge >= 0.3 is 6.09 Å². The molecule has 5 aromatic rings. The number of amides is 1. The smallest absolute Gasteiger partial charge is 0.424 e. The molecule has 0 saturated carbocycles. The molecule has 1 amide bonds. The van der Waals surface area contributed by atoms with Crippen LogP contribution in [0.2, 0.25) is 30.7 Å². The van der Waals surface area contributed by atoms with Crippen LogP contribution in [0.3, 0.4) is 0 Å². The van der Waals surface area contributed by atoms with Crippen LogP contribution in [0.25, 0.3) is 33.3 Å². The van der Waals surface area contributed by atoms with Gasteiger partial charge in [-0.3, -0.25) is 9.67 Å². The number of hydrogen-bond donors (Lipinski definition) is 0. The Morgan fingerprint density at radius 1 is 1.08 bits per heavy atom. The van der Waals surface area contributed by atoms with Gasteiger partial charge in [-0.05, 0) is 70.3 Å². The van der Waals surface area contributed by atoms with Gasteiger partial charge in [-0.15, -0.1) is 0 Å². The molecule has 1 saturated heterocycles. The number of nitrogens with zero attached hydrogens (tertiary/aromatic N) is 7. The number of carbonyl (C=O) groups is 1. The van der Waals surface area contributed by atoms with E-state index < -0.39 is 29.8 Å². The first-order chi connectivity index (χ1) is 24.0. The van der Waals surface area contributed by atoms with Gasteiger partial charge in [0.1, 0.15) is 40.2 Å². The summed E-state index contributed by atoms with van der Waals surface area (Å²) in [7, 11) is -5.02. The van der Waals surface area contributed by atoms with E-state index in [0.29, 0.717) is 65.1 Å². The molecule has 0 spiro atoms. The zero-order valence-electron chi connectivity index (χ0n) is 30.0. The van der Waals surface area contributed by atoms with E-state index in [4.69, 9.17) is 30.8 Å². The van der Waals surface area contributed by atoms with Crippen molar-refractivity contribution in [2.75, 3.05) is 18.9 Å². The van der Waals surface area contributed by atoms with Gasteiger partial charge in [0, 0.05) is 45.6 Å². The molecule has 6 rings (SSSR count). The molecule has 1 aliphatic heterocycles. The lowest BCUT2D eigenvalue weighted by Crippen LogP contribution is -2.47. The molecule has 1 aliphatic rings. The zero-order valence-corrected chi connectivity index (χ0v) is 32.6. The number of hydrogen-bond acceptors (Lipinski definition) is 10. The molecule has 1 fully saturated rings. The van der Waals surface area contributed by atoms with Crippen molar-refractivity contribution in [1.82, 2.24) is 33.6 Å². The van der Waals surface area contributed by atoms with Gasteiger partial charge in [-0.25, -0.2) is 27.5 Å². The highest BCUT2D eigenvalue weighted by Gasteiger charge is 2.38. The summed E-state index contributed by atoms with van der Waals surface area (Å²) in [5, 5.41) is 4.77. The Balaban J connectivity index is 1.15. The summed E-state index contributed by atoms with van der Waals surface area (Å²) in [5.74, 6) is 1.47. The number of ether oxygens (including phenoxy) is 3. The third kappa shape index (κ3) is 8.71. The molecular formula is C35H44ClN7O6SSi. The van der Waals surface area contributed by atoms with Gasteiger partial charge in [0.15, 0.2) is 0 Å². The first-order valence-corrected chi connectivity index (χ1v) is 22.6. The van der Waals surface area contributed by atoms with Crippen LogP contribution in [0, 0.1) is 12.8 Å². The number of sulfonamides is 1. The predicted octanol–water partition coefficient (Wildman–Crippen LogP) is 7.50. The first-order valence-electron chi connectivity index (χ1n) is 16.9. The number of aromatic nitrogens is 6. The lowest BCUT2D eigenvalue weighted by Gasteiger charge is -2.32. The van der Waals surface area contributed by atoms with Gasteiger partial charge in [0.05, 0.1) is 40.4 Å². The summed E-state index contributed by atoms with van der Waals surface area (Å²) in [4.78, 5) is 26.5. The monoisotopic (exact) mass is 753 g/mol. The minimum atomic E-state index is -3.83. The number of fused-ring (bicyclic) bond motifs is 2. The van der Waals surface area contributed by atoms with Crippen molar-refractivity contribution >= 4 is 57.9 Å². The van der Waals surface area contributed by atoms with Crippen LogP contribution in [0.5, 0.6) is 11.5 Å². The van der Waals surface area contributed by atoms with Crippen molar-refractivity contribution in [3.05, 3.63) is 59.8 Å². The molecule has 272 valence electrons. The Kier molecular flexibility index (Phi) is 10.2. The van der Waals surface area contributed by atoms with Crippen molar-refractivity contribution in [3.8, 4) is 22.8 Å². The van der Waals surface area contributed by atoms with E-state index in [2.05, 4.69) is 34.7 Å². The van der Waals surface area contributed by atoms with Gasteiger partial charge < -0.3 is 18.8 Å². The van der Waals surface area contributed by atoms with Crippen LogP contribution in [0.4, 0.5) is 4.79 Å². The molecule has 0 N–H and O–H groups in total. The van der Waals surface area contributed by atoms with Crippen molar-refractivity contribution in [3.63, 3.8) is 0 Å². The lowest BCUT2D eigenvalue weighted by molar-refractivity contribution is 0.0374. The van der Waals surface area contributed by atoms with E-state index in [9.17, 15) is 13.2 Å². The standard InChI is InChI=1S/C35H44ClN7O6SSi/c1-23-39-27-9-8-26(16-30(27)42(23)22-47-14-15-51(5,6)7)48-31-11-10-28-33(32(31)36)40-29(18-37-28)25-17-38-41(20-25)19-24-12-13-43(50(45,46)21-24)34(44)49-35(2,3)4/h8-11,16-18,20,24H,12-15,19,21-22H2,1-7H3. The topological polar surface area (TPSA) is 144 Å². The SMILES string of the molecule is Cc1nc2ccc(Oc3ccc4ncc(-c5cnn(CC6CCN(C(=O)OC(C)(C)C)S(=O)(=O)C6)c5)nc4c3Cl)cc2n1COCC[Si](C)(C)C. The Morgan fingerprint density at radius 2 is 1.84 bits per heavy atom. The average Bonchev–Trinajstić information content (AvgIpc) is 3.62. The predicted molar refractivity (Wildman–Crippen MR) is 199 cm³/mol. The Labute approximate surface area is 303 Å². The van der Waals surface area contributed by atoms with E-state index in [-0.39, 0.29) is 18.2 Å². The fourth-order valence-electron chi connectivity index (χ4n) is 5.79. The van der Waals surface area contributed by atoms with E-state index in [0.717, 1.165) is 27.2 Å². The molecule has 0 bridgehead atoms. The molecular weight excluding hydrogens is 710 g/mol. The fourth-order valence-corrected chi connectivity index (χ4v) is 8.48. The van der Waals surface area contributed by atoms with E-state index in [1.807, 2.05) is 29.7 Å². The summed E-state index contributed by atoms with van der Waals surface area (Å²) >= 11 is 6.88. The second-order valence-corrected chi connectivity index (χ2v) is 23.1. The highest BCUT2D eigenvalue weighted by atomic mass is 35.5. The van der Waals surface area contributed by atoms with Gasteiger partial charge in [0.25, 0.3) is 0 Å². The minimum Gasteiger partial charge on any atom is -0.456 e. The number of rotatable bonds is 10. The first kappa shape index (κ1) is 36.7. The van der Waals surface area contributed by atoms with Crippen LogP contribution in [-0.4, -0.2) is 80.7 Å². The zero-order chi connectivity index (χ0) is 36.7. The van der Waals surface area contributed by atoms with Gasteiger partial charge in [-0.2, -0.15) is 5.10 Å². The molecule has 0 radical (unpaired) electrons. The normalized spacial score (nSPS) is 16.5. The Bertz CT molecular complexity index is 2190. The largest absolute Gasteiger partial charge is 0.456 e. The number of halogens is 1. The highest BCUT2D eigenvalue weighted by molar-refractivity contribution is 7.89. The second kappa shape index (κ2) is 14.2. The summed E-state index contributed by atoms with van der Waals surface area (Å²) < 4.78 is 48.0. The molecule has 1 unspecified atom stereocenters. The third-order valence-corrected chi connectivity index (χ3v) is 12.4. The van der Waals surface area contributed by atoms with Crippen LogP contribution >= 0.6 is 11.6 Å². The summed E-state index contributed by atoms with van der Waals surface area (Å²) in [5.41, 5.74) is 3.28. The number of benzene rings is 2. The summed E-state index contributed by atoms with van der Waals surface area (Å²) in [6, 6.07) is 10.4. The summed E-state index contributed by atoms with van der Waals surface area (Å²) in [6.07, 6.45) is 4.74. The van der Waals surface area contributed by atoms with E-state index >= 15 is 0 Å². The van der Waals surface area contributed by atoms with Gasteiger partial charge in [-0.1, -0.05) is 31.2 Å². The molecule has 13 nitrogen and oxygen atoms in total. The lowest BCUT2D eigenvalue weighted by atomic mass is 10.1. The average molecular weight is 754 g/mol. The Hall–Kier alpha value is -4.05. The van der Waals surface area contributed by atoms with Crippen LogP contribution in [0.15, 0.2) is 48.9 Å². The maximum Gasteiger partial charge on any atom is 0.424 e. The molecule has 0 aliphatic carbocycles. The van der Waals surface area contributed by atoms with Crippen LogP contribution < -0.4 is 4.74 Å².